The highest BCUT2D eigenvalue weighted by atomic mass is 35.5. The molecule has 1 aliphatic heterocycles. The molecule has 128 valence electrons. The van der Waals surface area contributed by atoms with E-state index < -0.39 is 0 Å². The van der Waals surface area contributed by atoms with Crippen LogP contribution in [0.5, 0.6) is 0 Å². The molecule has 1 aromatic carbocycles. The molecule has 2 N–H and O–H groups in total. The quantitative estimate of drug-likeness (QED) is 0.825. The molecular weight excluding hydrogens is 342 g/mol. The third kappa shape index (κ3) is 4.97. The lowest BCUT2D eigenvalue weighted by Gasteiger charge is -2.31. The predicted molar refractivity (Wildman–Crippen MR) is 101 cm³/mol. The van der Waals surface area contributed by atoms with E-state index in [4.69, 9.17) is 11.6 Å². The summed E-state index contributed by atoms with van der Waals surface area (Å²) in [4.78, 5) is 15.9. The van der Waals surface area contributed by atoms with Gasteiger partial charge in [-0.2, -0.15) is 0 Å². The molecule has 2 amide bonds. The van der Waals surface area contributed by atoms with Crippen LogP contribution >= 0.6 is 22.9 Å². The van der Waals surface area contributed by atoms with Gasteiger partial charge in [0.2, 0.25) is 0 Å². The van der Waals surface area contributed by atoms with Crippen molar-refractivity contribution in [1.29, 1.82) is 0 Å². The smallest absolute Gasteiger partial charge is 0.319 e. The predicted octanol–water partition coefficient (Wildman–Crippen LogP) is 4.44. The molecule has 1 aromatic heterocycles. The molecule has 1 saturated heterocycles. The van der Waals surface area contributed by atoms with Gasteiger partial charge in [-0.25, -0.2) is 4.79 Å². The van der Waals surface area contributed by atoms with E-state index in [1.165, 1.54) is 4.88 Å². The van der Waals surface area contributed by atoms with Crippen molar-refractivity contribution in [3.63, 3.8) is 0 Å². The van der Waals surface area contributed by atoms with E-state index in [1.54, 1.807) is 12.1 Å². The summed E-state index contributed by atoms with van der Waals surface area (Å²) in [5.74, 6) is 0.543. The first-order valence-corrected chi connectivity index (χ1v) is 9.50. The highest BCUT2D eigenvalue weighted by molar-refractivity contribution is 7.09. The van der Waals surface area contributed by atoms with E-state index in [2.05, 4.69) is 33.0 Å². The summed E-state index contributed by atoms with van der Waals surface area (Å²) in [6.45, 7) is 3.95. The molecule has 0 aliphatic carbocycles. The minimum atomic E-state index is -0.191. The van der Waals surface area contributed by atoms with Crippen molar-refractivity contribution in [2.75, 3.05) is 25.0 Å². The number of nitrogens with zero attached hydrogens (tertiary/aromatic N) is 1. The lowest BCUT2D eigenvalue weighted by molar-refractivity contribution is 0.177. The van der Waals surface area contributed by atoms with Crippen LogP contribution in [-0.4, -0.2) is 30.6 Å². The summed E-state index contributed by atoms with van der Waals surface area (Å²) in [5, 5.41) is 8.44. The molecule has 4 nitrogen and oxygen atoms in total. The van der Waals surface area contributed by atoms with Crippen molar-refractivity contribution >= 4 is 34.7 Å². The summed E-state index contributed by atoms with van der Waals surface area (Å²) in [5.41, 5.74) is 0.641. The van der Waals surface area contributed by atoms with Gasteiger partial charge in [-0.1, -0.05) is 29.8 Å². The third-order valence-corrected chi connectivity index (χ3v) is 5.53. The van der Waals surface area contributed by atoms with Gasteiger partial charge in [0, 0.05) is 18.0 Å². The molecule has 0 saturated carbocycles. The van der Waals surface area contributed by atoms with Crippen molar-refractivity contribution < 1.29 is 4.79 Å². The van der Waals surface area contributed by atoms with Crippen LogP contribution in [0.25, 0.3) is 0 Å². The zero-order valence-electron chi connectivity index (χ0n) is 13.5. The number of hydrogen-bond acceptors (Lipinski definition) is 3. The maximum absolute atomic E-state index is 12.0. The Kier molecular flexibility index (Phi) is 6.12. The van der Waals surface area contributed by atoms with E-state index in [9.17, 15) is 4.79 Å². The number of carbonyl (C=O) groups is 1. The zero-order valence-corrected chi connectivity index (χ0v) is 15.1. The number of anilines is 1. The van der Waals surface area contributed by atoms with Gasteiger partial charge in [0.15, 0.2) is 0 Å². The Labute approximate surface area is 151 Å². The van der Waals surface area contributed by atoms with E-state index >= 15 is 0 Å². The summed E-state index contributed by atoms with van der Waals surface area (Å²) < 4.78 is 0. The number of halogens is 1. The van der Waals surface area contributed by atoms with E-state index in [1.807, 2.05) is 23.5 Å². The average Bonchev–Trinajstić information content (AvgIpc) is 3.09. The fourth-order valence-corrected chi connectivity index (χ4v) is 3.87. The van der Waals surface area contributed by atoms with Crippen molar-refractivity contribution in [3.05, 3.63) is 51.7 Å². The Morgan fingerprint density at radius 3 is 2.71 bits per heavy atom. The maximum atomic E-state index is 12.0. The van der Waals surface area contributed by atoms with Crippen molar-refractivity contribution in [1.82, 2.24) is 10.2 Å². The maximum Gasteiger partial charge on any atom is 0.319 e. The average molecular weight is 364 g/mol. The lowest BCUT2D eigenvalue weighted by Crippen LogP contribution is -2.39. The number of rotatable bonds is 5. The number of thiophene rings is 1. The van der Waals surface area contributed by atoms with Crippen LogP contribution in [0, 0.1) is 5.92 Å². The molecule has 24 heavy (non-hydrogen) atoms. The minimum absolute atomic E-state index is 0.191. The van der Waals surface area contributed by atoms with Gasteiger partial charge in [0.1, 0.15) is 0 Å². The van der Waals surface area contributed by atoms with E-state index in [0.29, 0.717) is 23.2 Å². The first-order valence-electron chi connectivity index (χ1n) is 8.25. The van der Waals surface area contributed by atoms with Gasteiger partial charge >= 0.3 is 6.03 Å². The highest BCUT2D eigenvalue weighted by Crippen LogP contribution is 2.21. The van der Waals surface area contributed by atoms with Gasteiger partial charge in [0.05, 0.1) is 10.7 Å². The summed E-state index contributed by atoms with van der Waals surface area (Å²) in [6, 6.07) is 11.4. The Morgan fingerprint density at radius 2 is 2.00 bits per heavy atom. The highest BCUT2D eigenvalue weighted by Gasteiger charge is 2.20. The molecule has 2 aromatic rings. The Morgan fingerprint density at radius 1 is 1.21 bits per heavy atom. The number of piperidine rings is 1. The van der Waals surface area contributed by atoms with Gasteiger partial charge in [-0.05, 0) is 55.4 Å². The summed E-state index contributed by atoms with van der Waals surface area (Å²) in [6.07, 6.45) is 2.25. The van der Waals surface area contributed by atoms with Crippen LogP contribution in [0.2, 0.25) is 5.02 Å². The SMILES string of the molecule is O=C(NCC1CCN(Cc2cccs2)CC1)Nc1ccccc1Cl. The molecule has 1 fully saturated rings. The van der Waals surface area contributed by atoms with E-state index in [-0.39, 0.29) is 6.03 Å². The van der Waals surface area contributed by atoms with Gasteiger partial charge in [0.25, 0.3) is 0 Å². The number of amides is 2. The van der Waals surface area contributed by atoms with Gasteiger partial charge in [-0.15, -0.1) is 11.3 Å². The van der Waals surface area contributed by atoms with Crippen molar-refractivity contribution in [2.24, 2.45) is 5.92 Å². The van der Waals surface area contributed by atoms with Crippen LogP contribution < -0.4 is 10.6 Å². The normalized spacial score (nSPS) is 16.0. The first kappa shape index (κ1) is 17.3. The molecule has 6 heteroatoms. The van der Waals surface area contributed by atoms with Crippen molar-refractivity contribution in [2.45, 2.75) is 19.4 Å². The number of para-hydroxylation sites is 1. The number of carbonyl (C=O) groups excluding carboxylic acids is 1. The van der Waals surface area contributed by atoms with Crippen molar-refractivity contribution in [3.8, 4) is 0 Å². The Balaban J connectivity index is 1.37. The fraction of sp³-hybridized carbons (Fsp3) is 0.389. The van der Waals surface area contributed by atoms with Gasteiger partial charge in [-0.3, -0.25) is 4.90 Å². The monoisotopic (exact) mass is 363 g/mol. The summed E-state index contributed by atoms with van der Waals surface area (Å²) >= 11 is 7.86. The van der Waals surface area contributed by atoms with Gasteiger partial charge < -0.3 is 10.6 Å². The number of nitrogens with one attached hydrogen (secondary N) is 2. The minimum Gasteiger partial charge on any atom is -0.338 e. The fourth-order valence-electron chi connectivity index (χ4n) is 2.94. The van der Waals surface area contributed by atoms with Crippen LogP contribution in [-0.2, 0) is 6.54 Å². The molecule has 2 heterocycles. The summed E-state index contributed by atoms with van der Waals surface area (Å²) in [7, 11) is 0. The van der Waals surface area contributed by atoms with Crippen LogP contribution in [0.4, 0.5) is 10.5 Å². The molecule has 0 atom stereocenters. The molecule has 0 unspecified atom stereocenters. The second-order valence-corrected chi connectivity index (χ2v) is 7.55. The Hall–Kier alpha value is -1.56. The first-order chi connectivity index (χ1) is 11.7. The lowest BCUT2D eigenvalue weighted by atomic mass is 9.97. The molecule has 3 rings (SSSR count). The number of hydrogen-bond donors (Lipinski definition) is 2. The second-order valence-electron chi connectivity index (χ2n) is 6.11. The number of benzene rings is 1. The molecule has 1 aliphatic rings. The van der Waals surface area contributed by atoms with Crippen LogP contribution in [0.15, 0.2) is 41.8 Å². The number of likely N-dealkylation sites (tertiary alicyclic amines) is 1. The third-order valence-electron chi connectivity index (χ3n) is 4.34. The van der Waals surface area contributed by atoms with Crippen LogP contribution in [0.3, 0.4) is 0 Å². The molecular formula is C18H22ClN3OS. The second kappa shape index (κ2) is 8.51. The zero-order chi connectivity index (χ0) is 16.8. The number of urea groups is 1. The molecule has 0 radical (unpaired) electrons. The molecule has 0 bridgehead atoms. The largest absolute Gasteiger partial charge is 0.338 e. The van der Waals surface area contributed by atoms with E-state index in [0.717, 1.165) is 32.5 Å². The van der Waals surface area contributed by atoms with Crippen LogP contribution in [0.1, 0.15) is 17.7 Å². The Bertz CT molecular complexity index is 654. The molecule has 0 spiro atoms. The standard InChI is InChI=1S/C18H22ClN3OS/c19-16-5-1-2-6-17(16)21-18(23)20-12-14-7-9-22(10-8-14)13-15-4-3-11-24-15/h1-6,11,14H,7-10,12-13H2,(H2,20,21,23). The topological polar surface area (TPSA) is 44.4 Å².